The highest BCUT2D eigenvalue weighted by Gasteiger charge is 2.49. The van der Waals surface area contributed by atoms with Crippen molar-refractivity contribution in [3.8, 4) is 0 Å². The van der Waals surface area contributed by atoms with Crippen molar-refractivity contribution in [2.45, 2.75) is 25.1 Å². The molecule has 3 nitrogen and oxygen atoms in total. The predicted octanol–water partition coefficient (Wildman–Crippen LogP) is 1.57. The first-order valence-electron chi connectivity index (χ1n) is 5.25. The van der Waals surface area contributed by atoms with Gasteiger partial charge in [-0.3, -0.25) is 4.79 Å². The average Bonchev–Trinajstić information content (AvgIpc) is 2.65. The molecule has 17 heavy (non-hydrogen) atoms. The Morgan fingerprint density at radius 1 is 1.53 bits per heavy atom. The summed E-state index contributed by atoms with van der Waals surface area (Å²) in [4.78, 5) is 12.7. The van der Waals surface area contributed by atoms with Crippen LogP contribution in [-0.2, 0) is 4.79 Å². The molecule has 1 saturated heterocycles. The Morgan fingerprint density at radius 3 is 2.47 bits per heavy atom. The van der Waals surface area contributed by atoms with Crippen LogP contribution >= 0.6 is 0 Å². The van der Waals surface area contributed by atoms with Crippen molar-refractivity contribution in [2.75, 3.05) is 7.05 Å². The monoisotopic (exact) mass is 246 g/mol. The minimum absolute atomic E-state index is 0.0108. The van der Waals surface area contributed by atoms with E-state index >= 15 is 0 Å². The molecule has 1 aliphatic carbocycles. The zero-order valence-electron chi connectivity index (χ0n) is 9.34. The first-order valence-corrected chi connectivity index (χ1v) is 5.25. The minimum atomic E-state index is -4.67. The molecule has 1 aliphatic heterocycles. The zero-order valence-corrected chi connectivity index (χ0v) is 9.34. The molecule has 2 aliphatic rings. The number of alkyl halides is 3. The van der Waals surface area contributed by atoms with Crippen LogP contribution in [0.1, 0.15) is 12.8 Å². The van der Waals surface area contributed by atoms with Crippen LogP contribution in [-0.4, -0.2) is 30.1 Å². The highest BCUT2D eigenvalue weighted by Crippen LogP contribution is 2.49. The Kier molecular flexibility index (Phi) is 2.48. The lowest BCUT2D eigenvalue weighted by Gasteiger charge is -2.30. The Balaban J connectivity index is 2.46. The summed E-state index contributed by atoms with van der Waals surface area (Å²) in [5.41, 5.74) is 4.63. The lowest BCUT2D eigenvalue weighted by Crippen LogP contribution is -2.35. The number of halogens is 3. The van der Waals surface area contributed by atoms with Crippen LogP contribution in [0.25, 0.3) is 0 Å². The van der Waals surface area contributed by atoms with Crippen molar-refractivity contribution in [3.05, 3.63) is 23.4 Å². The molecule has 94 valence electrons. The van der Waals surface area contributed by atoms with Crippen molar-refractivity contribution in [2.24, 2.45) is 11.7 Å². The molecule has 0 spiro atoms. The Morgan fingerprint density at radius 2 is 2.12 bits per heavy atom. The molecule has 6 heteroatoms. The minimum Gasteiger partial charge on any atom is -0.371 e. The van der Waals surface area contributed by atoms with Crippen LogP contribution in [0.3, 0.4) is 0 Å². The van der Waals surface area contributed by atoms with Crippen molar-refractivity contribution in [3.63, 3.8) is 0 Å². The first-order chi connectivity index (χ1) is 7.73. The molecule has 1 saturated carbocycles. The molecule has 0 aromatic heterocycles. The third-order valence-corrected chi connectivity index (χ3v) is 3.62. The summed E-state index contributed by atoms with van der Waals surface area (Å²) in [6.45, 7) is 3.82. The Bertz CT molecular complexity index is 421. The molecule has 0 aromatic carbocycles. The molecular weight excluding hydrogens is 233 g/mol. The summed E-state index contributed by atoms with van der Waals surface area (Å²) in [6.07, 6.45) is -3.84. The third kappa shape index (κ3) is 1.71. The van der Waals surface area contributed by atoms with Gasteiger partial charge in [0.15, 0.2) is 0 Å². The van der Waals surface area contributed by atoms with E-state index in [1.807, 2.05) is 0 Å². The van der Waals surface area contributed by atoms with Gasteiger partial charge in [-0.1, -0.05) is 6.58 Å². The fraction of sp³-hybridized carbons (Fsp3) is 0.545. The number of piperidine rings is 1. The van der Waals surface area contributed by atoms with Gasteiger partial charge in [0.2, 0.25) is 0 Å². The lowest BCUT2D eigenvalue weighted by molar-refractivity contribution is -0.128. The molecule has 2 bridgehead atoms. The highest BCUT2D eigenvalue weighted by molar-refractivity contribution is 5.94. The Labute approximate surface area is 96.8 Å². The summed E-state index contributed by atoms with van der Waals surface area (Å²) in [5.74, 6) is -1.38. The summed E-state index contributed by atoms with van der Waals surface area (Å²) >= 11 is 0. The summed E-state index contributed by atoms with van der Waals surface area (Å²) in [5, 5.41) is 0. The topological polar surface area (TPSA) is 46.3 Å². The normalized spacial score (nSPS) is 31.1. The summed E-state index contributed by atoms with van der Waals surface area (Å²) in [6, 6.07) is -0.378. The van der Waals surface area contributed by atoms with E-state index in [9.17, 15) is 18.0 Å². The van der Waals surface area contributed by atoms with Crippen LogP contribution in [0.4, 0.5) is 13.2 Å². The van der Waals surface area contributed by atoms with Crippen molar-refractivity contribution < 1.29 is 18.0 Å². The van der Waals surface area contributed by atoms with Crippen molar-refractivity contribution >= 4 is 5.91 Å². The average molecular weight is 246 g/mol. The van der Waals surface area contributed by atoms with Gasteiger partial charge in [-0.15, -0.1) is 0 Å². The van der Waals surface area contributed by atoms with Crippen LogP contribution in [0.5, 0.6) is 0 Å². The molecule has 2 N–H and O–H groups in total. The smallest absolute Gasteiger partial charge is 0.371 e. The lowest BCUT2D eigenvalue weighted by atomic mass is 9.97. The van der Waals surface area contributed by atoms with Crippen LogP contribution in [0.15, 0.2) is 23.4 Å². The quantitative estimate of drug-likeness (QED) is 0.714. The maximum Gasteiger partial charge on any atom is 0.421 e. The van der Waals surface area contributed by atoms with E-state index in [1.165, 1.54) is 0 Å². The fourth-order valence-corrected chi connectivity index (χ4v) is 2.78. The number of primary amides is 1. The number of amides is 1. The van der Waals surface area contributed by atoms with Crippen molar-refractivity contribution in [1.82, 2.24) is 4.90 Å². The van der Waals surface area contributed by atoms with Gasteiger partial charge in [-0.25, -0.2) is 0 Å². The van der Waals surface area contributed by atoms with Gasteiger partial charge in [0.05, 0.1) is 6.04 Å². The van der Waals surface area contributed by atoms with E-state index in [1.54, 1.807) is 11.9 Å². The second kappa shape index (κ2) is 3.51. The van der Waals surface area contributed by atoms with Crippen molar-refractivity contribution in [1.29, 1.82) is 0 Å². The fourth-order valence-electron chi connectivity index (χ4n) is 2.78. The molecule has 0 aromatic rings. The number of carbonyl (C=O) groups is 1. The second-order valence-electron chi connectivity index (χ2n) is 4.52. The van der Waals surface area contributed by atoms with Gasteiger partial charge in [0, 0.05) is 18.7 Å². The van der Waals surface area contributed by atoms with Crippen LogP contribution in [0.2, 0.25) is 0 Å². The number of likely N-dealkylation sites (tertiary alicyclic amines) is 1. The molecule has 2 atom stereocenters. The number of carbonyl (C=O) groups excluding carboxylic acids is 1. The number of hydrogen-bond donors (Lipinski definition) is 1. The SMILES string of the molecule is C=C1C2C/C(=C(/C(N)=O)C(F)(F)F)C(C2)N1C. The van der Waals surface area contributed by atoms with Gasteiger partial charge in [0.1, 0.15) is 5.57 Å². The number of nitrogens with two attached hydrogens (primary N) is 1. The van der Waals surface area contributed by atoms with Gasteiger partial charge >= 0.3 is 6.18 Å². The molecule has 0 radical (unpaired) electrons. The zero-order chi connectivity index (χ0) is 13.0. The second-order valence-corrected chi connectivity index (χ2v) is 4.52. The molecule has 1 heterocycles. The van der Waals surface area contributed by atoms with Crippen LogP contribution in [0, 0.1) is 5.92 Å². The van der Waals surface area contributed by atoms with E-state index in [0.717, 1.165) is 5.70 Å². The number of fused-ring (bicyclic) bond motifs is 2. The summed E-state index contributed by atoms with van der Waals surface area (Å²) in [7, 11) is 1.70. The largest absolute Gasteiger partial charge is 0.421 e. The number of allylic oxidation sites excluding steroid dienone is 1. The molecule has 2 fully saturated rings. The number of hydrogen-bond acceptors (Lipinski definition) is 2. The first kappa shape index (κ1) is 12.0. The van der Waals surface area contributed by atoms with Gasteiger partial charge in [0.25, 0.3) is 5.91 Å². The molecular formula is C11H13F3N2O. The van der Waals surface area contributed by atoms with Gasteiger partial charge in [-0.05, 0) is 18.4 Å². The van der Waals surface area contributed by atoms with E-state index in [4.69, 9.17) is 5.73 Å². The van der Waals surface area contributed by atoms with E-state index in [-0.39, 0.29) is 24.0 Å². The standard InChI is InChI=1S/C11H13F3N2O/c1-5-6-3-7(8(4-6)16(5)2)9(10(15)17)11(12,13)14/h6,8H,1,3-4H2,2H3,(H2,15,17)/b9-7+. The van der Waals surface area contributed by atoms with Gasteiger partial charge in [-0.2, -0.15) is 13.2 Å². The molecule has 1 amide bonds. The molecule has 2 rings (SSSR count). The third-order valence-electron chi connectivity index (χ3n) is 3.62. The van der Waals surface area contributed by atoms with Crippen LogP contribution < -0.4 is 5.73 Å². The number of nitrogens with zero attached hydrogens (tertiary/aromatic N) is 1. The Hall–Kier alpha value is -1.46. The molecule has 2 unspecified atom stereocenters. The maximum atomic E-state index is 12.8. The van der Waals surface area contributed by atoms with E-state index in [0.29, 0.717) is 6.42 Å². The van der Waals surface area contributed by atoms with E-state index in [2.05, 4.69) is 6.58 Å². The van der Waals surface area contributed by atoms with E-state index < -0.39 is 17.7 Å². The maximum absolute atomic E-state index is 12.8. The van der Waals surface area contributed by atoms with Gasteiger partial charge < -0.3 is 10.6 Å². The highest BCUT2D eigenvalue weighted by atomic mass is 19.4. The number of rotatable bonds is 1. The summed E-state index contributed by atoms with van der Waals surface area (Å²) < 4.78 is 38.3. The predicted molar refractivity (Wildman–Crippen MR) is 55.7 cm³/mol. The number of likely N-dealkylation sites (N-methyl/N-ethyl adjacent to an activating group) is 1.